The van der Waals surface area contributed by atoms with Gasteiger partial charge in [-0.25, -0.2) is 0 Å². The summed E-state index contributed by atoms with van der Waals surface area (Å²) in [7, 11) is 0. The molecule has 0 aromatic heterocycles. The van der Waals surface area contributed by atoms with E-state index in [4.69, 9.17) is 17.5 Å². The van der Waals surface area contributed by atoms with Crippen molar-refractivity contribution in [1.29, 1.82) is 5.26 Å². The number of hydrogen-bond donors (Lipinski definition) is 2. The molecule has 0 bridgehead atoms. The monoisotopic (exact) mass is 351 g/mol. The third-order valence-corrected chi connectivity index (χ3v) is 3.71. The molecule has 0 aliphatic carbocycles. The van der Waals surface area contributed by atoms with Crippen LogP contribution in [0.25, 0.3) is 0 Å². The molecule has 0 radical (unpaired) electrons. The van der Waals surface area contributed by atoms with Gasteiger partial charge in [-0.3, -0.25) is 0 Å². The molecule has 0 saturated heterocycles. The van der Waals surface area contributed by atoms with E-state index >= 15 is 0 Å². The van der Waals surface area contributed by atoms with Crippen molar-refractivity contribution in [3.63, 3.8) is 0 Å². The minimum atomic E-state index is 0.154. The van der Waals surface area contributed by atoms with E-state index in [1.54, 1.807) is 0 Å². The lowest BCUT2D eigenvalue weighted by Gasteiger charge is -2.14. The van der Waals surface area contributed by atoms with Crippen LogP contribution in [-0.4, -0.2) is 11.5 Å². The van der Waals surface area contributed by atoms with Crippen molar-refractivity contribution in [2.45, 2.75) is 26.3 Å². The van der Waals surface area contributed by atoms with E-state index in [-0.39, 0.29) is 6.04 Å². The van der Waals surface area contributed by atoms with Gasteiger partial charge in [0.2, 0.25) is 0 Å². The van der Waals surface area contributed by atoms with Crippen LogP contribution >= 0.6 is 28.1 Å². The lowest BCUT2D eigenvalue weighted by molar-refractivity contribution is 0.683. The second kappa shape index (κ2) is 8.72. The van der Waals surface area contributed by atoms with Gasteiger partial charge in [-0.2, -0.15) is 5.26 Å². The molecule has 1 atom stereocenters. The van der Waals surface area contributed by atoms with Crippen molar-refractivity contribution in [3.05, 3.63) is 46.1 Å². The Labute approximate surface area is 134 Å². The number of thiocarbonyl (C=S) groups is 1. The molecule has 0 fully saturated rings. The minimum Gasteiger partial charge on any atom is -0.384 e. The number of nitrogens with zero attached hydrogens (tertiary/aromatic N) is 1. The molecule has 1 aromatic carbocycles. The van der Waals surface area contributed by atoms with Crippen LogP contribution in [0.15, 0.2) is 40.5 Å². The zero-order valence-corrected chi connectivity index (χ0v) is 14.0. The summed E-state index contributed by atoms with van der Waals surface area (Å²) in [6.07, 6.45) is 2.13. The van der Waals surface area contributed by atoms with Crippen molar-refractivity contribution in [3.8, 4) is 6.07 Å². The summed E-state index contributed by atoms with van der Waals surface area (Å²) in [4.78, 5) is 0.629. The summed E-state index contributed by atoms with van der Waals surface area (Å²) in [5.41, 5.74) is 1.99. The Morgan fingerprint density at radius 2 is 2.10 bits per heavy atom. The Hall–Kier alpha value is -1.38. The molecule has 0 spiro atoms. The normalized spacial score (nSPS) is 12.4. The molecule has 1 unspecified atom stereocenters. The van der Waals surface area contributed by atoms with Crippen LogP contribution in [0, 0.1) is 11.3 Å². The van der Waals surface area contributed by atoms with Crippen LogP contribution in [0.4, 0.5) is 0 Å². The van der Waals surface area contributed by atoms with Crippen LogP contribution < -0.4 is 10.6 Å². The number of nitrogens with one attached hydrogen (secondary N) is 2. The average molecular weight is 352 g/mol. The Kier molecular flexibility index (Phi) is 7.27. The Bertz CT molecular complexity index is 517. The predicted molar refractivity (Wildman–Crippen MR) is 90.3 cm³/mol. The molecule has 0 heterocycles. The highest BCUT2D eigenvalue weighted by Crippen LogP contribution is 2.16. The maximum Gasteiger partial charge on any atom is 0.104 e. The average Bonchev–Trinajstić information content (AvgIpc) is 2.44. The molecule has 0 aliphatic heterocycles. The summed E-state index contributed by atoms with van der Waals surface area (Å²) < 4.78 is 1.06. The highest BCUT2D eigenvalue weighted by Gasteiger charge is 2.06. The van der Waals surface area contributed by atoms with Gasteiger partial charge in [0, 0.05) is 28.8 Å². The van der Waals surface area contributed by atoms with E-state index in [1.807, 2.05) is 25.3 Å². The SMILES string of the molecule is CCNC(=S)C(=CNC(C)c1ccc(Br)cc1)CC#N. The Balaban J connectivity index is 2.73. The highest BCUT2D eigenvalue weighted by atomic mass is 79.9. The van der Waals surface area contributed by atoms with Gasteiger partial charge in [0.05, 0.1) is 12.5 Å². The maximum absolute atomic E-state index is 8.86. The van der Waals surface area contributed by atoms with Gasteiger partial charge in [-0.1, -0.05) is 40.3 Å². The first kappa shape index (κ1) is 16.7. The first-order chi connectivity index (χ1) is 9.58. The fraction of sp³-hybridized carbons (Fsp3) is 0.333. The number of nitriles is 1. The van der Waals surface area contributed by atoms with Crippen LogP contribution in [0.3, 0.4) is 0 Å². The third kappa shape index (κ3) is 5.32. The molecule has 5 heteroatoms. The Morgan fingerprint density at radius 1 is 1.45 bits per heavy atom. The quantitative estimate of drug-likeness (QED) is 0.603. The topological polar surface area (TPSA) is 47.8 Å². The van der Waals surface area contributed by atoms with Crippen LogP contribution in [0.5, 0.6) is 0 Å². The highest BCUT2D eigenvalue weighted by molar-refractivity contribution is 9.10. The van der Waals surface area contributed by atoms with E-state index in [0.717, 1.165) is 16.6 Å². The predicted octanol–water partition coefficient (Wildman–Crippen LogP) is 3.83. The Morgan fingerprint density at radius 3 is 2.65 bits per heavy atom. The van der Waals surface area contributed by atoms with Gasteiger partial charge in [0.15, 0.2) is 0 Å². The molecule has 20 heavy (non-hydrogen) atoms. The molecule has 0 aliphatic rings. The zero-order chi connectivity index (χ0) is 15.0. The summed E-state index contributed by atoms with van der Waals surface area (Å²) in [6.45, 7) is 4.80. The third-order valence-electron chi connectivity index (χ3n) is 2.78. The number of benzene rings is 1. The van der Waals surface area contributed by atoms with Gasteiger partial charge in [-0.05, 0) is 31.5 Å². The van der Waals surface area contributed by atoms with Crippen molar-refractivity contribution in [2.75, 3.05) is 6.54 Å². The smallest absolute Gasteiger partial charge is 0.104 e. The summed E-state index contributed by atoms with van der Waals surface area (Å²) in [6, 6.07) is 10.4. The van der Waals surface area contributed by atoms with Crippen molar-refractivity contribution in [2.24, 2.45) is 0 Å². The van der Waals surface area contributed by atoms with E-state index in [1.165, 1.54) is 5.56 Å². The lowest BCUT2D eigenvalue weighted by atomic mass is 10.1. The molecule has 2 N–H and O–H groups in total. The van der Waals surface area contributed by atoms with Gasteiger partial charge in [0.25, 0.3) is 0 Å². The van der Waals surface area contributed by atoms with Gasteiger partial charge in [0.1, 0.15) is 4.99 Å². The zero-order valence-electron chi connectivity index (χ0n) is 11.6. The second-order valence-electron chi connectivity index (χ2n) is 4.30. The van der Waals surface area contributed by atoms with E-state index < -0.39 is 0 Å². The van der Waals surface area contributed by atoms with Gasteiger partial charge in [-0.15, -0.1) is 0 Å². The fourth-order valence-electron chi connectivity index (χ4n) is 1.63. The molecular formula is C15H18BrN3S. The molecule has 1 aromatic rings. The molecule has 0 amide bonds. The second-order valence-corrected chi connectivity index (χ2v) is 5.63. The number of halogens is 1. The van der Waals surface area contributed by atoms with Gasteiger partial charge < -0.3 is 10.6 Å². The molecule has 0 saturated carbocycles. The van der Waals surface area contributed by atoms with E-state index in [2.05, 4.69) is 51.7 Å². The molecular weight excluding hydrogens is 334 g/mol. The summed E-state index contributed by atoms with van der Waals surface area (Å²) >= 11 is 8.67. The molecule has 106 valence electrons. The van der Waals surface area contributed by atoms with Crippen LogP contribution in [0.2, 0.25) is 0 Å². The van der Waals surface area contributed by atoms with E-state index in [0.29, 0.717) is 11.4 Å². The van der Waals surface area contributed by atoms with Crippen LogP contribution in [0.1, 0.15) is 31.9 Å². The van der Waals surface area contributed by atoms with Gasteiger partial charge >= 0.3 is 0 Å². The summed E-state index contributed by atoms with van der Waals surface area (Å²) in [5, 5.41) is 15.2. The minimum absolute atomic E-state index is 0.154. The lowest BCUT2D eigenvalue weighted by Crippen LogP contribution is -2.24. The number of hydrogen-bond acceptors (Lipinski definition) is 3. The van der Waals surface area contributed by atoms with Crippen LogP contribution in [-0.2, 0) is 0 Å². The largest absolute Gasteiger partial charge is 0.384 e. The first-order valence-electron chi connectivity index (χ1n) is 6.44. The summed E-state index contributed by atoms with van der Waals surface area (Å²) in [5.74, 6) is 0. The van der Waals surface area contributed by atoms with Crippen molar-refractivity contribution < 1.29 is 0 Å². The molecule has 3 nitrogen and oxygen atoms in total. The maximum atomic E-state index is 8.86. The number of likely N-dealkylation sites (N-methyl/N-ethyl adjacent to an activating group) is 1. The molecule has 1 rings (SSSR count). The first-order valence-corrected chi connectivity index (χ1v) is 7.64. The number of rotatable bonds is 6. The van der Waals surface area contributed by atoms with Crippen molar-refractivity contribution in [1.82, 2.24) is 10.6 Å². The standard InChI is InChI=1S/C15H18BrN3S/c1-3-18-15(20)13(8-9-17)10-19-11(2)12-4-6-14(16)7-5-12/h4-7,10-11,19H,3,8H2,1-2H3,(H,18,20). The fourth-order valence-corrected chi connectivity index (χ4v) is 2.17. The van der Waals surface area contributed by atoms with Crippen molar-refractivity contribution >= 4 is 33.1 Å². The van der Waals surface area contributed by atoms with E-state index in [9.17, 15) is 0 Å².